The van der Waals surface area contributed by atoms with Gasteiger partial charge in [-0.15, -0.1) is 0 Å². The number of aryl methyl sites for hydroxylation is 1. The molecule has 1 aromatic heterocycles. The van der Waals surface area contributed by atoms with Gasteiger partial charge in [-0.1, -0.05) is 44.5 Å². The van der Waals surface area contributed by atoms with Crippen LogP contribution in [0.15, 0.2) is 43.0 Å². The van der Waals surface area contributed by atoms with E-state index in [1.165, 1.54) is 5.56 Å². The van der Waals surface area contributed by atoms with Crippen LogP contribution in [0.5, 0.6) is 0 Å². The van der Waals surface area contributed by atoms with Crippen molar-refractivity contribution in [3.8, 4) is 0 Å². The molecule has 19 heavy (non-hydrogen) atoms. The van der Waals surface area contributed by atoms with Crippen molar-refractivity contribution in [2.45, 2.75) is 33.2 Å². The molecule has 2 rings (SSSR count). The summed E-state index contributed by atoms with van der Waals surface area (Å²) >= 11 is 0. The summed E-state index contributed by atoms with van der Waals surface area (Å²) in [4.78, 5) is 16.3. The Morgan fingerprint density at radius 2 is 2.05 bits per heavy atom. The predicted molar refractivity (Wildman–Crippen MR) is 76.2 cm³/mol. The van der Waals surface area contributed by atoms with Crippen molar-refractivity contribution in [2.24, 2.45) is 5.92 Å². The number of imidazole rings is 1. The smallest absolute Gasteiger partial charge is 0.167 e. The monoisotopic (exact) mass is 256 g/mol. The van der Waals surface area contributed by atoms with E-state index < -0.39 is 0 Å². The summed E-state index contributed by atoms with van der Waals surface area (Å²) in [6.45, 7) is 4.80. The lowest BCUT2D eigenvalue weighted by Crippen LogP contribution is -2.17. The Bertz CT molecular complexity index is 514. The third kappa shape index (κ3) is 3.53. The standard InChI is InChI=1S/C16H20N2O/c1-3-4-14-5-7-15(8-6-14)16(19)13(2)11-18-10-9-17-12-18/h5-10,12-13H,3-4,11H2,1-2H3. The van der Waals surface area contributed by atoms with E-state index in [0.29, 0.717) is 6.54 Å². The number of Topliss-reactive ketones (excluding diaryl/α,β-unsaturated/α-hetero) is 1. The van der Waals surface area contributed by atoms with Crippen LogP contribution in [0.25, 0.3) is 0 Å². The fraction of sp³-hybridized carbons (Fsp3) is 0.375. The fourth-order valence-corrected chi connectivity index (χ4v) is 2.20. The number of nitrogens with zero attached hydrogens (tertiary/aromatic N) is 2. The van der Waals surface area contributed by atoms with Gasteiger partial charge in [0.25, 0.3) is 0 Å². The molecule has 0 saturated heterocycles. The lowest BCUT2D eigenvalue weighted by atomic mass is 9.97. The molecule has 3 nitrogen and oxygen atoms in total. The van der Waals surface area contributed by atoms with Crippen molar-refractivity contribution in [3.63, 3.8) is 0 Å². The van der Waals surface area contributed by atoms with E-state index >= 15 is 0 Å². The van der Waals surface area contributed by atoms with Gasteiger partial charge in [-0.2, -0.15) is 0 Å². The van der Waals surface area contributed by atoms with Crippen molar-refractivity contribution < 1.29 is 4.79 Å². The third-order valence-corrected chi connectivity index (χ3v) is 3.27. The first kappa shape index (κ1) is 13.5. The molecule has 0 N–H and O–H groups in total. The first-order valence-corrected chi connectivity index (χ1v) is 6.79. The number of hydrogen-bond acceptors (Lipinski definition) is 2. The Kier molecular flexibility index (Phi) is 4.50. The van der Waals surface area contributed by atoms with E-state index in [-0.39, 0.29) is 11.7 Å². The maximum absolute atomic E-state index is 12.3. The molecule has 3 heteroatoms. The lowest BCUT2D eigenvalue weighted by molar-refractivity contribution is 0.0918. The van der Waals surface area contributed by atoms with E-state index in [2.05, 4.69) is 24.0 Å². The van der Waals surface area contributed by atoms with Gasteiger partial charge < -0.3 is 4.57 Å². The van der Waals surface area contributed by atoms with Gasteiger partial charge in [0.2, 0.25) is 0 Å². The van der Waals surface area contributed by atoms with Crippen LogP contribution in [0.2, 0.25) is 0 Å². The second kappa shape index (κ2) is 6.32. The highest BCUT2D eigenvalue weighted by Gasteiger charge is 2.15. The lowest BCUT2D eigenvalue weighted by Gasteiger charge is -2.11. The van der Waals surface area contributed by atoms with Gasteiger partial charge >= 0.3 is 0 Å². The zero-order valence-electron chi connectivity index (χ0n) is 11.5. The Labute approximate surface area is 114 Å². The maximum Gasteiger partial charge on any atom is 0.167 e. The summed E-state index contributed by atoms with van der Waals surface area (Å²) in [5.74, 6) is 0.156. The Morgan fingerprint density at radius 1 is 1.32 bits per heavy atom. The largest absolute Gasteiger partial charge is 0.337 e. The Balaban J connectivity index is 2.02. The minimum atomic E-state index is -0.0359. The maximum atomic E-state index is 12.3. The second-order valence-electron chi connectivity index (χ2n) is 4.97. The second-order valence-corrected chi connectivity index (χ2v) is 4.97. The van der Waals surface area contributed by atoms with E-state index in [1.807, 2.05) is 29.8 Å². The number of rotatable bonds is 6. The molecule has 1 unspecified atom stereocenters. The number of hydrogen-bond donors (Lipinski definition) is 0. The van der Waals surface area contributed by atoms with Crippen molar-refractivity contribution in [1.82, 2.24) is 9.55 Å². The van der Waals surface area contributed by atoms with Crippen LogP contribution in [0.1, 0.15) is 36.2 Å². The minimum absolute atomic E-state index is 0.0359. The average molecular weight is 256 g/mol. The molecule has 1 heterocycles. The molecule has 0 aliphatic rings. The van der Waals surface area contributed by atoms with Crippen molar-refractivity contribution in [2.75, 3.05) is 0 Å². The highest BCUT2D eigenvalue weighted by molar-refractivity contribution is 5.97. The molecule has 0 bridgehead atoms. The SMILES string of the molecule is CCCc1ccc(C(=O)C(C)Cn2ccnc2)cc1. The van der Waals surface area contributed by atoms with Gasteiger partial charge in [0.1, 0.15) is 0 Å². The van der Waals surface area contributed by atoms with Gasteiger partial charge in [-0.05, 0) is 12.0 Å². The minimum Gasteiger partial charge on any atom is -0.337 e. The normalized spacial score (nSPS) is 12.3. The molecule has 0 aliphatic carbocycles. The van der Waals surface area contributed by atoms with Crippen LogP contribution in [0.4, 0.5) is 0 Å². The van der Waals surface area contributed by atoms with Crippen molar-refractivity contribution in [3.05, 3.63) is 54.1 Å². The molecule has 1 atom stereocenters. The number of ketones is 1. The molecule has 100 valence electrons. The molecule has 2 aromatic rings. The van der Waals surface area contributed by atoms with E-state index in [1.54, 1.807) is 12.5 Å². The Morgan fingerprint density at radius 3 is 2.63 bits per heavy atom. The molecule has 1 aromatic carbocycles. The van der Waals surface area contributed by atoms with Gasteiger partial charge in [0.15, 0.2) is 5.78 Å². The van der Waals surface area contributed by atoms with Crippen LogP contribution in [-0.4, -0.2) is 15.3 Å². The number of benzene rings is 1. The van der Waals surface area contributed by atoms with Gasteiger partial charge in [0.05, 0.1) is 6.33 Å². The zero-order valence-corrected chi connectivity index (χ0v) is 11.5. The van der Waals surface area contributed by atoms with Crippen molar-refractivity contribution in [1.29, 1.82) is 0 Å². The highest BCUT2D eigenvalue weighted by Crippen LogP contribution is 2.13. The molecule has 0 spiro atoms. The topological polar surface area (TPSA) is 34.9 Å². The number of carbonyl (C=O) groups is 1. The Hall–Kier alpha value is -1.90. The molecule has 0 amide bonds. The first-order chi connectivity index (χ1) is 9.20. The average Bonchev–Trinajstić information content (AvgIpc) is 2.92. The van der Waals surface area contributed by atoms with Crippen LogP contribution < -0.4 is 0 Å². The van der Waals surface area contributed by atoms with E-state index in [4.69, 9.17) is 0 Å². The van der Waals surface area contributed by atoms with Gasteiger partial charge in [-0.25, -0.2) is 4.98 Å². The van der Waals surface area contributed by atoms with Crippen molar-refractivity contribution >= 4 is 5.78 Å². The molecular weight excluding hydrogens is 236 g/mol. The fourth-order valence-electron chi connectivity index (χ4n) is 2.20. The molecule has 0 saturated carbocycles. The third-order valence-electron chi connectivity index (χ3n) is 3.27. The number of carbonyl (C=O) groups excluding carboxylic acids is 1. The quantitative estimate of drug-likeness (QED) is 0.743. The van der Waals surface area contributed by atoms with Gasteiger partial charge in [-0.3, -0.25) is 4.79 Å². The highest BCUT2D eigenvalue weighted by atomic mass is 16.1. The van der Waals surface area contributed by atoms with E-state index in [9.17, 15) is 4.79 Å². The molecule has 0 fully saturated rings. The summed E-state index contributed by atoms with van der Waals surface area (Å²) in [5.41, 5.74) is 2.09. The summed E-state index contributed by atoms with van der Waals surface area (Å²) in [6.07, 6.45) is 7.56. The van der Waals surface area contributed by atoms with Crippen LogP contribution in [0.3, 0.4) is 0 Å². The predicted octanol–water partition coefficient (Wildman–Crippen LogP) is 3.35. The molecular formula is C16H20N2O. The molecule has 0 radical (unpaired) electrons. The summed E-state index contributed by atoms with van der Waals surface area (Å²) in [7, 11) is 0. The van der Waals surface area contributed by atoms with Crippen LogP contribution in [-0.2, 0) is 13.0 Å². The van der Waals surface area contributed by atoms with E-state index in [0.717, 1.165) is 18.4 Å². The zero-order chi connectivity index (χ0) is 13.7. The molecule has 0 aliphatic heterocycles. The summed E-state index contributed by atoms with van der Waals surface area (Å²) in [6, 6.07) is 8.00. The van der Waals surface area contributed by atoms with Gasteiger partial charge in [0, 0.05) is 30.4 Å². The van der Waals surface area contributed by atoms with Crippen LogP contribution >= 0.6 is 0 Å². The number of aromatic nitrogens is 2. The van der Waals surface area contributed by atoms with Crippen LogP contribution in [0, 0.1) is 5.92 Å². The first-order valence-electron chi connectivity index (χ1n) is 6.79. The summed E-state index contributed by atoms with van der Waals surface area (Å²) in [5, 5.41) is 0. The summed E-state index contributed by atoms with van der Waals surface area (Å²) < 4.78 is 1.94.